The van der Waals surface area contributed by atoms with Crippen LogP contribution in [0.5, 0.6) is 11.6 Å². The topological polar surface area (TPSA) is 97.0 Å². The summed E-state index contributed by atoms with van der Waals surface area (Å²) >= 11 is 0. The summed E-state index contributed by atoms with van der Waals surface area (Å²) in [6, 6.07) is 11.3. The first-order valence-corrected chi connectivity index (χ1v) is 10.2. The third kappa shape index (κ3) is 3.98. The van der Waals surface area contributed by atoms with E-state index in [4.69, 9.17) is 4.74 Å². The van der Waals surface area contributed by atoms with E-state index in [-0.39, 0.29) is 17.3 Å². The highest BCUT2D eigenvalue weighted by atomic mass is 19.3. The molecular weight excluding hydrogens is 418 g/mol. The van der Waals surface area contributed by atoms with E-state index in [0.29, 0.717) is 37.1 Å². The number of halogens is 2. The molecule has 0 atom stereocenters. The van der Waals surface area contributed by atoms with Crippen LogP contribution in [0.1, 0.15) is 5.56 Å². The van der Waals surface area contributed by atoms with Gasteiger partial charge in [0.15, 0.2) is 17.5 Å². The van der Waals surface area contributed by atoms with Crippen molar-refractivity contribution in [1.82, 2.24) is 19.9 Å². The number of hydrogen-bond donors (Lipinski definition) is 3. The number of hydrogen-bond acceptors (Lipinski definition) is 7. The Morgan fingerprint density at radius 3 is 2.97 bits per heavy atom. The van der Waals surface area contributed by atoms with Gasteiger partial charge in [-0.1, -0.05) is 18.2 Å². The Balaban J connectivity index is 1.43. The number of rotatable bonds is 7. The smallest absolute Gasteiger partial charge is 0.388 e. The van der Waals surface area contributed by atoms with Crippen LogP contribution in [0.3, 0.4) is 0 Å². The average molecular weight is 438 g/mol. The summed E-state index contributed by atoms with van der Waals surface area (Å²) in [4.78, 5) is 16.2. The number of anilines is 2. The highest BCUT2D eigenvalue weighted by Crippen LogP contribution is 2.36. The summed E-state index contributed by atoms with van der Waals surface area (Å²) < 4.78 is 36.0. The van der Waals surface area contributed by atoms with Crippen LogP contribution in [0, 0.1) is 0 Å². The van der Waals surface area contributed by atoms with E-state index in [1.807, 2.05) is 24.4 Å². The van der Waals surface area contributed by atoms with E-state index in [2.05, 4.69) is 41.4 Å². The van der Waals surface area contributed by atoms with Gasteiger partial charge in [0.1, 0.15) is 6.61 Å². The van der Waals surface area contributed by atoms with Crippen LogP contribution < -0.4 is 20.1 Å². The Hall–Kier alpha value is -3.95. The molecule has 3 aromatic heterocycles. The summed E-state index contributed by atoms with van der Waals surface area (Å²) in [6.07, 6.45) is 4.12. The number of benzene rings is 1. The lowest BCUT2D eigenvalue weighted by Gasteiger charge is -2.22. The number of nitrogens with zero attached hydrogens (tertiary/aromatic N) is 3. The summed E-state index contributed by atoms with van der Waals surface area (Å²) in [5.41, 5.74) is 2.53. The van der Waals surface area contributed by atoms with Gasteiger partial charge in [-0.15, -0.1) is 0 Å². The van der Waals surface area contributed by atoms with Crippen LogP contribution in [0.2, 0.25) is 0 Å². The number of para-hydroxylation sites is 1. The minimum Gasteiger partial charge on any atom is -0.485 e. The monoisotopic (exact) mass is 438 g/mol. The molecule has 32 heavy (non-hydrogen) atoms. The van der Waals surface area contributed by atoms with Gasteiger partial charge in [-0.2, -0.15) is 8.78 Å². The summed E-state index contributed by atoms with van der Waals surface area (Å²) in [5, 5.41) is 7.65. The van der Waals surface area contributed by atoms with Crippen molar-refractivity contribution in [2.45, 2.75) is 13.0 Å². The Labute approximate surface area is 182 Å². The van der Waals surface area contributed by atoms with Gasteiger partial charge in [-0.05, 0) is 30.2 Å². The second-order valence-corrected chi connectivity index (χ2v) is 7.12. The predicted molar refractivity (Wildman–Crippen MR) is 116 cm³/mol. The van der Waals surface area contributed by atoms with Crippen molar-refractivity contribution in [3.8, 4) is 23.0 Å². The fourth-order valence-electron chi connectivity index (χ4n) is 3.66. The zero-order valence-electron chi connectivity index (χ0n) is 16.9. The van der Waals surface area contributed by atoms with Crippen LogP contribution in [0.15, 0.2) is 48.8 Å². The molecule has 0 saturated heterocycles. The lowest BCUT2D eigenvalue weighted by atomic mass is 10.1. The first-order chi connectivity index (χ1) is 15.7. The molecule has 10 heteroatoms. The van der Waals surface area contributed by atoms with Gasteiger partial charge in [-0.3, -0.25) is 0 Å². The van der Waals surface area contributed by atoms with E-state index < -0.39 is 6.61 Å². The van der Waals surface area contributed by atoms with E-state index in [1.54, 1.807) is 12.1 Å². The van der Waals surface area contributed by atoms with Gasteiger partial charge < -0.3 is 25.1 Å². The second kappa shape index (κ2) is 8.66. The molecule has 0 saturated carbocycles. The molecule has 1 aliphatic rings. The molecule has 3 N–H and O–H groups in total. The molecule has 0 aliphatic carbocycles. The van der Waals surface area contributed by atoms with Gasteiger partial charge in [0.25, 0.3) is 0 Å². The number of aromatic amines is 1. The normalized spacial score (nSPS) is 12.8. The number of nitrogens with one attached hydrogen (secondary N) is 3. The zero-order valence-corrected chi connectivity index (χ0v) is 16.9. The van der Waals surface area contributed by atoms with Gasteiger partial charge in [-0.25, -0.2) is 15.0 Å². The van der Waals surface area contributed by atoms with Crippen LogP contribution in [-0.4, -0.2) is 46.2 Å². The lowest BCUT2D eigenvalue weighted by Crippen LogP contribution is -2.22. The third-order valence-corrected chi connectivity index (χ3v) is 5.08. The number of pyridine rings is 1. The number of H-pyrrole nitrogens is 1. The van der Waals surface area contributed by atoms with Gasteiger partial charge >= 0.3 is 6.61 Å². The Morgan fingerprint density at radius 2 is 2.06 bits per heavy atom. The van der Waals surface area contributed by atoms with Crippen molar-refractivity contribution in [2.75, 3.05) is 30.3 Å². The molecule has 1 aliphatic heterocycles. The molecule has 0 spiro atoms. The van der Waals surface area contributed by atoms with Crippen LogP contribution in [0.4, 0.5) is 20.4 Å². The fourth-order valence-corrected chi connectivity index (χ4v) is 3.66. The van der Waals surface area contributed by atoms with E-state index in [9.17, 15) is 8.78 Å². The minimum absolute atomic E-state index is 0.208. The molecule has 0 radical (unpaired) electrons. The van der Waals surface area contributed by atoms with Crippen molar-refractivity contribution in [3.05, 3.63) is 54.4 Å². The standard InChI is InChI=1S/C22H20F2N6O2/c23-22(24)32-21-15(5-3-8-27-21)18-29-19(17-20(30-18)26-10-11-31-17)25-9-7-13-12-28-16-6-2-1-4-14(13)16/h1-6,8,12,22,28H,7,9-11H2,(H2,25,26,29,30). The molecule has 0 fully saturated rings. The maximum absolute atomic E-state index is 12.8. The second-order valence-electron chi connectivity index (χ2n) is 7.12. The molecule has 4 heterocycles. The molecule has 5 rings (SSSR count). The van der Waals surface area contributed by atoms with Crippen LogP contribution in [-0.2, 0) is 6.42 Å². The van der Waals surface area contributed by atoms with E-state index >= 15 is 0 Å². The van der Waals surface area contributed by atoms with Crippen molar-refractivity contribution >= 4 is 22.5 Å². The first-order valence-electron chi connectivity index (χ1n) is 10.2. The molecule has 164 valence electrons. The van der Waals surface area contributed by atoms with Gasteiger partial charge in [0, 0.05) is 29.8 Å². The highest BCUT2D eigenvalue weighted by molar-refractivity contribution is 5.83. The summed E-state index contributed by atoms with van der Waals surface area (Å²) in [7, 11) is 0. The predicted octanol–water partition coefficient (Wildman–Crippen LogP) is 4.08. The molecule has 0 unspecified atom stereocenters. The maximum Gasteiger partial charge on any atom is 0.388 e. The summed E-state index contributed by atoms with van der Waals surface area (Å²) in [6.45, 7) is -1.37. The molecule has 1 aromatic carbocycles. The largest absolute Gasteiger partial charge is 0.485 e. The van der Waals surface area contributed by atoms with Gasteiger partial charge in [0.05, 0.1) is 12.1 Å². The molecule has 8 nitrogen and oxygen atoms in total. The number of ether oxygens (including phenoxy) is 2. The number of alkyl halides is 2. The first kappa shape index (κ1) is 20.0. The number of aromatic nitrogens is 4. The quantitative estimate of drug-likeness (QED) is 0.400. The minimum atomic E-state index is -3.00. The van der Waals surface area contributed by atoms with E-state index in [1.165, 1.54) is 17.1 Å². The molecular formula is C22H20F2N6O2. The van der Waals surface area contributed by atoms with Crippen LogP contribution in [0.25, 0.3) is 22.3 Å². The zero-order chi connectivity index (χ0) is 21.9. The summed E-state index contributed by atoms with van der Waals surface area (Å²) in [5.74, 6) is 1.44. The van der Waals surface area contributed by atoms with Crippen molar-refractivity contribution in [2.24, 2.45) is 0 Å². The fraction of sp³-hybridized carbons (Fsp3) is 0.227. The van der Waals surface area contributed by atoms with Crippen LogP contribution >= 0.6 is 0 Å². The average Bonchev–Trinajstić information content (AvgIpc) is 3.22. The maximum atomic E-state index is 12.8. The van der Waals surface area contributed by atoms with Crippen molar-refractivity contribution in [1.29, 1.82) is 0 Å². The molecule has 0 bridgehead atoms. The molecule has 0 amide bonds. The van der Waals surface area contributed by atoms with Gasteiger partial charge in [0.2, 0.25) is 11.6 Å². The number of fused-ring (bicyclic) bond motifs is 2. The van der Waals surface area contributed by atoms with Crippen molar-refractivity contribution < 1.29 is 18.3 Å². The third-order valence-electron chi connectivity index (χ3n) is 5.08. The Bertz CT molecular complexity index is 1250. The highest BCUT2D eigenvalue weighted by Gasteiger charge is 2.22. The SMILES string of the molecule is FC(F)Oc1ncccc1-c1nc2c(c(NCCc3c[nH]c4ccccc34)n1)OCCN2. The Morgan fingerprint density at radius 1 is 1.16 bits per heavy atom. The lowest BCUT2D eigenvalue weighted by molar-refractivity contribution is -0.0524. The Kier molecular flexibility index (Phi) is 5.40. The van der Waals surface area contributed by atoms with E-state index in [0.717, 1.165) is 11.9 Å². The van der Waals surface area contributed by atoms with Crippen molar-refractivity contribution in [3.63, 3.8) is 0 Å². The molecule has 4 aromatic rings.